The SMILES string of the molecule is CCNC(c1cc2cccc(F)c2o1)C1CC1. The second-order valence-corrected chi connectivity index (χ2v) is 4.68. The molecule has 1 aromatic heterocycles. The minimum atomic E-state index is -0.278. The van der Waals surface area contributed by atoms with Gasteiger partial charge in [0.15, 0.2) is 11.4 Å². The Morgan fingerprint density at radius 2 is 2.29 bits per heavy atom. The summed E-state index contributed by atoms with van der Waals surface area (Å²) < 4.78 is 19.2. The number of hydrogen-bond donors (Lipinski definition) is 1. The zero-order valence-corrected chi connectivity index (χ0v) is 9.87. The van der Waals surface area contributed by atoms with E-state index in [0.29, 0.717) is 11.5 Å². The third-order valence-electron chi connectivity index (χ3n) is 3.34. The van der Waals surface area contributed by atoms with Crippen molar-refractivity contribution >= 4 is 11.0 Å². The van der Waals surface area contributed by atoms with Crippen LogP contribution in [0.5, 0.6) is 0 Å². The molecule has 0 amide bonds. The van der Waals surface area contributed by atoms with Crippen molar-refractivity contribution in [1.29, 1.82) is 0 Å². The van der Waals surface area contributed by atoms with E-state index in [9.17, 15) is 4.39 Å². The highest BCUT2D eigenvalue weighted by molar-refractivity contribution is 5.78. The van der Waals surface area contributed by atoms with Crippen LogP contribution in [-0.2, 0) is 0 Å². The molecule has 1 heterocycles. The second-order valence-electron chi connectivity index (χ2n) is 4.68. The van der Waals surface area contributed by atoms with Crippen molar-refractivity contribution in [1.82, 2.24) is 5.32 Å². The predicted octanol–water partition coefficient (Wildman–Crippen LogP) is 3.63. The van der Waals surface area contributed by atoms with Crippen molar-refractivity contribution in [2.75, 3.05) is 6.54 Å². The van der Waals surface area contributed by atoms with Gasteiger partial charge in [-0.3, -0.25) is 0 Å². The summed E-state index contributed by atoms with van der Waals surface area (Å²) in [7, 11) is 0. The molecule has 2 nitrogen and oxygen atoms in total. The molecule has 1 aliphatic rings. The Bertz CT molecular complexity index is 530. The van der Waals surface area contributed by atoms with Crippen LogP contribution in [0.2, 0.25) is 0 Å². The third-order valence-corrected chi connectivity index (χ3v) is 3.34. The van der Waals surface area contributed by atoms with Gasteiger partial charge in [-0.15, -0.1) is 0 Å². The zero-order chi connectivity index (χ0) is 11.8. The summed E-state index contributed by atoms with van der Waals surface area (Å²) in [5, 5.41) is 4.28. The van der Waals surface area contributed by atoms with Gasteiger partial charge in [0.2, 0.25) is 0 Å². The van der Waals surface area contributed by atoms with Crippen LogP contribution in [0.3, 0.4) is 0 Å². The lowest BCUT2D eigenvalue weighted by Crippen LogP contribution is -2.21. The molecule has 0 aliphatic heterocycles. The summed E-state index contributed by atoms with van der Waals surface area (Å²) in [5.74, 6) is 1.24. The Kier molecular flexibility index (Phi) is 2.63. The second kappa shape index (κ2) is 4.15. The van der Waals surface area contributed by atoms with Gasteiger partial charge in [-0.25, -0.2) is 4.39 Å². The van der Waals surface area contributed by atoms with Crippen LogP contribution < -0.4 is 5.32 Å². The van der Waals surface area contributed by atoms with E-state index in [1.807, 2.05) is 12.1 Å². The van der Waals surface area contributed by atoms with Gasteiger partial charge in [0.1, 0.15) is 5.76 Å². The Labute approximate surface area is 99.8 Å². The largest absolute Gasteiger partial charge is 0.456 e. The molecule has 3 rings (SSSR count). The Morgan fingerprint density at radius 1 is 1.47 bits per heavy atom. The average molecular weight is 233 g/mol. The first-order valence-corrected chi connectivity index (χ1v) is 6.21. The first kappa shape index (κ1) is 10.8. The molecule has 3 heteroatoms. The quantitative estimate of drug-likeness (QED) is 0.872. The summed E-state index contributed by atoms with van der Waals surface area (Å²) in [4.78, 5) is 0. The van der Waals surface area contributed by atoms with Crippen molar-refractivity contribution in [3.8, 4) is 0 Å². The monoisotopic (exact) mass is 233 g/mol. The van der Waals surface area contributed by atoms with Gasteiger partial charge in [-0.1, -0.05) is 19.1 Å². The van der Waals surface area contributed by atoms with Crippen LogP contribution in [-0.4, -0.2) is 6.54 Å². The lowest BCUT2D eigenvalue weighted by atomic mass is 10.1. The van der Waals surface area contributed by atoms with Crippen LogP contribution in [0, 0.1) is 11.7 Å². The number of furan rings is 1. The molecule has 1 N–H and O–H groups in total. The van der Waals surface area contributed by atoms with E-state index in [0.717, 1.165) is 17.7 Å². The number of hydrogen-bond acceptors (Lipinski definition) is 2. The van der Waals surface area contributed by atoms with Gasteiger partial charge in [-0.2, -0.15) is 0 Å². The van der Waals surface area contributed by atoms with Crippen molar-refractivity contribution in [2.45, 2.75) is 25.8 Å². The number of fused-ring (bicyclic) bond motifs is 1. The number of halogens is 1. The summed E-state index contributed by atoms with van der Waals surface area (Å²) in [5.41, 5.74) is 0.381. The molecule has 17 heavy (non-hydrogen) atoms. The molecular formula is C14H16FNO. The first-order chi connectivity index (χ1) is 8.29. The molecule has 1 aliphatic carbocycles. The zero-order valence-electron chi connectivity index (χ0n) is 9.87. The molecule has 0 radical (unpaired) electrons. The number of nitrogens with one attached hydrogen (secondary N) is 1. The number of benzene rings is 1. The van der Waals surface area contributed by atoms with Gasteiger partial charge in [-0.05, 0) is 37.4 Å². The molecule has 0 spiro atoms. The van der Waals surface area contributed by atoms with E-state index in [1.165, 1.54) is 18.9 Å². The van der Waals surface area contributed by atoms with Gasteiger partial charge < -0.3 is 9.73 Å². The van der Waals surface area contributed by atoms with Gasteiger partial charge in [0.05, 0.1) is 6.04 Å². The smallest absolute Gasteiger partial charge is 0.169 e. The van der Waals surface area contributed by atoms with E-state index >= 15 is 0 Å². The summed E-state index contributed by atoms with van der Waals surface area (Å²) in [6.45, 7) is 2.99. The fraction of sp³-hybridized carbons (Fsp3) is 0.429. The molecule has 1 aromatic carbocycles. The lowest BCUT2D eigenvalue weighted by Gasteiger charge is -2.13. The average Bonchev–Trinajstić information content (AvgIpc) is 3.05. The van der Waals surface area contributed by atoms with E-state index in [2.05, 4.69) is 12.2 Å². The summed E-state index contributed by atoms with van der Waals surface area (Å²) >= 11 is 0. The van der Waals surface area contributed by atoms with Crippen LogP contribution in [0.1, 0.15) is 31.6 Å². The summed E-state index contributed by atoms with van der Waals surface area (Å²) in [6, 6.07) is 7.25. The molecule has 0 bridgehead atoms. The number of para-hydroxylation sites is 1. The maximum absolute atomic E-state index is 13.6. The van der Waals surface area contributed by atoms with Crippen LogP contribution in [0.25, 0.3) is 11.0 Å². The van der Waals surface area contributed by atoms with E-state index in [4.69, 9.17) is 4.42 Å². The lowest BCUT2D eigenvalue weighted by molar-refractivity contribution is 0.398. The van der Waals surface area contributed by atoms with Crippen molar-refractivity contribution in [3.05, 3.63) is 35.8 Å². The number of rotatable bonds is 4. The van der Waals surface area contributed by atoms with Crippen LogP contribution in [0.4, 0.5) is 4.39 Å². The van der Waals surface area contributed by atoms with E-state index in [-0.39, 0.29) is 11.9 Å². The molecule has 1 fully saturated rings. The van der Waals surface area contributed by atoms with E-state index in [1.54, 1.807) is 6.07 Å². The highest BCUT2D eigenvalue weighted by Gasteiger charge is 2.34. The maximum Gasteiger partial charge on any atom is 0.169 e. The minimum Gasteiger partial charge on any atom is -0.456 e. The molecular weight excluding hydrogens is 217 g/mol. The minimum absolute atomic E-state index is 0.242. The van der Waals surface area contributed by atoms with Gasteiger partial charge in [0.25, 0.3) is 0 Å². The summed E-state index contributed by atoms with van der Waals surface area (Å²) in [6.07, 6.45) is 2.47. The fourth-order valence-corrected chi connectivity index (χ4v) is 2.35. The third kappa shape index (κ3) is 1.95. The first-order valence-electron chi connectivity index (χ1n) is 6.21. The van der Waals surface area contributed by atoms with Gasteiger partial charge in [0, 0.05) is 5.39 Å². The molecule has 1 atom stereocenters. The molecule has 1 saturated carbocycles. The highest BCUT2D eigenvalue weighted by Crippen LogP contribution is 2.42. The topological polar surface area (TPSA) is 25.2 Å². The van der Waals surface area contributed by atoms with Crippen molar-refractivity contribution in [3.63, 3.8) is 0 Å². The van der Waals surface area contributed by atoms with E-state index < -0.39 is 0 Å². The standard InChI is InChI=1S/C14H16FNO/c1-2-16-13(9-6-7-9)12-8-10-4-3-5-11(15)14(10)17-12/h3-5,8-9,13,16H,2,6-7H2,1H3. The molecule has 1 unspecified atom stereocenters. The Morgan fingerprint density at radius 3 is 2.94 bits per heavy atom. The Balaban J connectivity index is 2.01. The molecule has 2 aromatic rings. The molecule has 0 saturated heterocycles. The Hall–Kier alpha value is -1.35. The van der Waals surface area contributed by atoms with Crippen molar-refractivity contribution < 1.29 is 8.81 Å². The maximum atomic E-state index is 13.6. The van der Waals surface area contributed by atoms with Crippen LogP contribution >= 0.6 is 0 Å². The van der Waals surface area contributed by atoms with Gasteiger partial charge >= 0.3 is 0 Å². The predicted molar refractivity (Wildman–Crippen MR) is 65.3 cm³/mol. The highest BCUT2D eigenvalue weighted by atomic mass is 19.1. The fourth-order valence-electron chi connectivity index (χ4n) is 2.35. The normalized spacial score (nSPS) is 17.5. The van der Waals surface area contributed by atoms with Crippen molar-refractivity contribution in [2.24, 2.45) is 5.92 Å². The van der Waals surface area contributed by atoms with Crippen LogP contribution in [0.15, 0.2) is 28.7 Å². The molecule has 90 valence electrons.